The molecule has 9 atom stereocenters. The van der Waals surface area contributed by atoms with Gasteiger partial charge < -0.3 is 19.6 Å². The summed E-state index contributed by atoms with van der Waals surface area (Å²) in [4.78, 5) is 43.9. The lowest BCUT2D eigenvalue weighted by Crippen LogP contribution is -2.68. The molecule has 0 bridgehead atoms. The number of ether oxygens (including phenoxy) is 1. The Morgan fingerprint density at radius 1 is 1.34 bits per heavy atom. The van der Waals surface area contributed by atoms with Crippen molar-refractivity contribution in [2.24, 2.45) is 28.6 Å². The number of carbonyl (C=O) groups is 2. The molecule has 5 rings (SSSR count). The van der Waals surface area contributed by atoms with E-state index >= 15 is 4.39 Å². The van der Waals surface area contributed by atoms with E-state index in [0.29, 0.717) is 19.3 Å². The Hall–Kier alpha value is -0.960. The minimum Gasteiger partial charge on any atom is -0.381 e. The van der Waals surface area contributed by atoms with E-state index in [0.717, 1.165) is 5.57 Å². The summed E-state index contributed by atoms with van der Waals surface area (Å²) < 4.78 is 38.9. The van der Waals surface area contributed by atoms with Crippen molar-refractivity contribution >= 4 is 19.4 Å². The number of ketones is 2. The van der Waals surface area contributed by atoms with Crippen LogP contribution in [0.2, 0.25) is 0 Å². The van der Waals surface area contributed by atoms with E-state index in [1.807, 2.05) is 6.08 Å². The highest BCUT2D eigenvalue weighted by molar-refractivity contribution is 7.46. The lowest BCUT2D eigenvalue weighted by molar-refractivity contribution is -0.196. The first kappa shape index (κ1) is 22.8. The SMILES string of the molecule is C[C@H]1C[C@H]2[C@@H]3CCC4=CCC(=O)[C@@H]5O[C@H](C[C@]2(C)[C@@]1(O)C(=O)COP(=O)(O)O)C3(F)[C@]45C. The zero-order chi connectivity index (χ0) is 23.5. The number of phosphoric acid groups is 1. The Balaban J connectivity index is 1.57. The van der Waals surface area contributed by atoms with Crippen molar-refractivity contribution in [1.29, 1.82) is 0 Å². The van der Waals surface area contributed by atoms with Crippen molar-refractivity contribution < 1.29 is 42.7 Å². The highest BCUT2D eigenvalue weighted by atomic mass is 31.2. The molecule has 32 heavy (non-hydrogen) atoms. The Labute approximate surface area is 185 Å². The van der Waals surface area contributed by atoms with E-state index in [-0.39, 0.29) is 24.5 Å². The first-order chi connectivity index (χ1) is 14.7. The molecule has 178 valence electrons. The van der Waals surface area contributed by atoms with Crippen LogP contribution < -0.4 is 0 Å². The second-order valence-electron chi connectivity index (χ2n) is 10.8. The lowest BCUT2D eigenvalue weighted by atomic mass is 9.44. The number of rotatable bonds is 4. The van der Waals surface area contributed by atoms with Crippen LogP contribution in [0.15, 0.2) is 11.6 Å². The predicted molar refractivity (Wildman–Crippen MR) is 109 cm³/mol. The molecule has 3 saturated carbocycles. The number of phosphoric ester groups is 1. The molecule has 8 nitrogen and oxygen atoms in total. The molecule has 1 aliphatic heterocycles. The summed E-state index contributed by atoms with van der Waals surface area (Å²) in [5.74, 6) is -2.37. The quantitative estimate of drug-likeness (QED) is 0.420. The average molecular weight is 472 g/mol. The number of alkyl halides is 1. The summed E-state index contributed by atoms with van der Waals surface area (Å²) >= 11 is 0. The Morgan fingerprint density at radius 3 is 2.69 bits per heavy atom. The molecule has 0 aromatic rings. The Bertz CT molecular complexity index is 977. The largest absolute Gasteiger partial charge is 0.470 e. The van der Waals surface area contributed by atoms with Crippen molar-refractivity contribution in [1.82, 2.24) is 0 Å². The zero-order valence-corrected chi connectivity index (χ0v) is 19.3. The van der Waals surface area contributed by atoms with Gasteiger partial charge in [0.1, 0.15) is 18.3 Å². The van der Waals surface area contributed by atoms with Gasteiger partial charge in [-0.2, -0.15) is 0 Å². The van der Waals surface area contributed by atoms with Crippen LogP contribution in [0.25, 0.3) is 0 Å². The standard InChI is InChI=1S/C22H30FO8P/c1-11-8-14-13-6-4-12-5-7-15(24)18-20(12,3)21(13,23)17(31-18)9-19(14,2)22(11,26)16(25)10-30-32(27,28)29/h5,11,13-14,17-18,26H,4,6-10H2,1-3H3,(H2,27,28,29)/t11-,13-,14-,17+,18-,19-,20+,21?,22-/m0/s1. The van der Waals surface area contributed by atoms with Gasteiger partial charge in [0, 0.05) is 17.8 Å². The number of allylic oxidation sites excluding steroid dienone is 1. The molecule has 10 heteroatoms. The first-order valence-electron chi connectivity index (χ1n) is 11.2. The van der Waals surface area contributed by atoms with E-state index in [1.165, 1.54) is 0 Å². The Morgan fingerprint density at radius 2 is 2.03 bits per heavy atom. The molecule has 0 radical (unpaired) electrons. The maximum absolute atomic E-state index is 17.2. The third kappa shape index (κ3) is 2.48. The van der Waals surface area contributed by atoms with Crippen LogP contribution in [-0.2, 0) is 23.4 Å². The lowest BCUT2D eigenvalue weighted by Gasteiger charge is -2.60. The van der Waals surface area contributed by atoms with Crippen LogP contribution in [0.1, 0.15) is 52.9 Å². The van der Waals surface area contributed by atoms with Gasteiger partial charge in [-0.1, -0.05) is 25.5 Å². The van der Waals surface area contributed by atoms with Crippen molar-refractivity contribution in [3.63, 3.8) is 0 Å². The van der Waals surface area contributed by atoms with Gasteiger partial charge in [-0.05, 0) is 44.4 Å². The highest BCUT2D eigenvalue weighted by Gasteiger charge is 2.80. The summed E-state index contributed by atoms with van der Waals surface area (Å²) in [6.45, 7) is 4.31. The number of halogens is 1. The fourth-order valence-corrected chi connectivity index (χ4v) is 8.58. The normalized spacial score (nSPS) is 51.8. The van der Waals surface area contributed by atoms with Crippen LogP contribution in [0.3, 0.4) is 0 Å². The molecular formula is C22H30FO8P. The molecule has 0 spiro atoms. The minimum atomic E-state index is -4.90. The number of hydrogen-bond donors (Lipinski definition) is 3. The van der Waals surface area contributed by atoms with E-state index in [9.17, 15) is 19.3 Å². The molecule has 0 aromatic heterocycles. The number of Topliss-reactive ketones (excluding diaryl/α,β-unsaturated/α-hetero) is 2. The van der Waals surface area contributed by atoms with Gasteiger partial charge in [0.15, 0.2) is 17.2 Å². The molecule has 1 saturated heterocycles. The fourth-order valence-electron chi connectivity index (χ4n) is 8.29. The second kappa shape index (κ2) is 6.58. The van der Waals surface area contributed by atoms with Gasteiger partial charge in [0.05, 0.1) is 11.5 Å². The van der Waals surface area contributed by atoms with Gasteiger partial charge >= 0.3 is 7.82 Å². The number of hydrogen-bond acceptors (Lipinski definition) is 6. The Kier molecular flexibility index (Phi) is 4.69. The summed E-state index contributed by atoms with van der Waals surface area (Å²) in [6.07, 6.45) is 1.86. The number of carbonyl (C=O) groups excluding carboxylic acids is 2. The van der Waals surface area contributed by atoms with Crippen molar-refractivity contribution in [3.8, 4) is 0 Å². The molecule has 3 N–H and O–H groups in total. The third-order valence-corrected chi connectivity index (χ3v) is 10.2. The molecule has 5 aliphatic rings. The van der Waals surface area contributed by atoms with Gasteiger partial charge in [0.25, 0.3) is 0 Å². The van der Waals surface area contributed by atoms with Crippen LogP contribution in [0.4, 0.5) is 4.39 Å². The molecule has 1 unspecified atom stereocenters. The van der Waals surface area contributed by atoms with E-state index in [1.54, 1.807) is 20.8 Å². The number of aliphatic hydroxyl groups is 1. The third-order valence-electron chi connectivity index (χ3n) is 9.76. The molecule has 0 aromatic carbocycles. The maximum atomic E-state index is 17.2. The topological polar surface area (TPSA) is 130 Å². The summed E-state index contributed by atoms with van der Waals surface area (Å²) in [5, 5.41) is 11.7. The second-order valence-corrected chi connectivity index (χ2v) is 12.1. The van der Waals surface area contributed by atoms with Gasteiger partial charge in [-0.3, -0.25) is 14.1 Å². The molecular weight excluding hydrogens is 442 g/mol. The molecule has 1 heterocycles. The van der Waals surface area contributed by atoms with Crippen molar-refractivity contribution in [3.05, 3.63) is 11.6 Å². The minimum absolute atomic E-state index is 0.0415. The summed E-state index contributed by atoms with van der Waals surface area (Å²) in [5.41, 5.74) is -4.93. The monoisotopic (exact) mass is 472 g/mol. The molecule has 4 fully saturated rings. The summed E-state index contributed by atoms with van der Waals surface area (Å²) in [6, 6.07) is 0. The van der Waals surface area contributed by atoms with E-state index in [4.69, 9.17) is 14.5 Å². The van der Waals surface area contributed by atoms with Crippen LogP contribution in [-0.4, -0.2) is 56.5 Å². The fraction of sp³-hybridized carbons (Fsp3) is 0.818. The van der Waals surface area contributed by atoms with Crippen molar-refractivity contribution in [2.75, 3.05) is 6.61 Å². The number of fused-ring (bicyclic) bond motifs is 2. The van der Waals surface area contributed by atoms with E-state index < -0.39 is 66.4 Å². The predicted octanol–water partition coefficient (Wildman–Crippen LogP) is 2.25. The van der Waals surface area contributed by atoms with Gasteiger partial charge in [0.2, 0.25) is 0 Å². The van der Waals surface area contributed by atoms with Crippen LogP contribution in [0, 0.1) is 28.6 Å². The molecule has 4 aliphatic carbocycles. The maximum Gasteiger partial charge on any atom is 0.470 e. The average Bonchev–Trinajstić information content (AvgIpc) is 3.05. The zero-order valence-electron chi connectivity index (χ0n) is 18.4. The van der Waals surface area contributed by atoms with Gasteiger partial charge in [-0.25, -0.2) is 8.96 Å². The van der Waals surface area contributed by atoms with Crippen LogP contribution in [0.5, 0.6) is 0 Å². The van der Waals surface area contributed by atoms with E-state index in [2.05, 4.69) is 4.52 Å². The van der Waals surface area contributed by atoms with Crippen LogP contribution >= 0.6 is 7.82 Å². The highest BCUT2D eigenvalue weighted by Crippen LogP contribution is 2.74. The first-order valence-corrected chi connectivity index (χ1v) is 12.8. The molecule has 0 amide bonds. The smallest absolute Gasteiger partial charge is 0.381 e. The van der Waals surface area contributed by atoms with Gasteiger partial charge in [-0.15, -0.1) is 0 Å². The van der Waals surface area contributed by atoms with Crippen molar-refractivity contribution in [2.45, 2.75) is 76.4 Å². The summed E-state index contributed by atoms with van der Waals surface area (Å²) in [7, 11) is -4.90.